The number of rotatable bonds is 10. The van der Waals surface area contributed by atoms with Gasteiger partial charge in [0.1, 0.15) is 5.82 Å². The molecule has 1 unspecified atom stereocenters. The highest BCUT2D eigenvalue weighted by molar-refractivity contribution is 4.96. The van der Waals surface area contributed by atoms with Crippen LogP contribution >= 0.6 is 0 Å². The van der Waals surface area contributed by atoms with Gasteiger partial charge in [-0.05, 0) is 25.2 Å². The number of aromatic nitrogens is 2. The van der Waals surface area contributed by atoms with E-state index in [9.17, 15) is 0 Å². The monoisotopic (exact) mass is 266 g/mol. The van der Waals surface area contributed by atoms with Crippen molar-refractivity contribution in [3.63, 3.8) is 0 Å². The normalized spacial score (nSPS) is 13.1. The van der Waals surface area contributed by atoms with Crippen LogP contribution in [0, 0.1) is 5.92 Å². The summed E-state index contributed by atoms with van der Waals surface area (Å²) in [5, 5.41) is 0. The Morgan fingerprint density at radius 1 is 1.21 bits per heavy atom. The summed E-state index contributed by atoms with van der Waals surface area (Å²) in [4.78, 5) is 4.49. The highest BCUT2D eigenvalue weighted by Gasteiger charge is 2.21. The number of hydrazine groups is 1. The summed E-state index contributed by atoms with van der Waals surface area (Å²) in [6, 6.07) is 0.331. The molecule has 0 amide bonds. The third kappa shape index (κ3) is 4.96. The van der Waals surface area contributed by atoms with Crippen LogP contribution in [0.2, 0.25) is 0 Å². The smallest absolute Gasteiger partial charge is 0.110 e. The van der Waals surface area contributed by atoms with Gasteiger partial charge in [0.05, 0.1) is 0 Å². The molecule has 1 rings (SSSR count). The van der Waals surface area contributed by atoms with E-state index in [4.69, 9.17) is 5.84 Å². The fourth-order valence-electron chi connectivity index (χ4n) is 2.82. The molecule has 3 N–H and O–H groups in total. The second kappa shape index (κ2) is 9.10. The first-order chi connectivity index (χ1) is 9.26. The highest BCUT2D eigenvalue weighted by Crippen LogP contribution is 2.20. The van der Waals surface area contributed by atoms with Crippen LogP contribution in [0.5, 0.6) is 0 Å². The SMILES string of the molecule is CCCC(CCC)C(Cc1nccn1CCC)NN. The molecule has 0 spiro atoms. The molecule has 0 aliphatic rings. The Kier molecular flexibility index (Phi) is 7.75. The van der Waals surface area contributed by atoms with E-state index in [2.05, 4.69) is 41.9 Å². The predicted octanol–water partition coefficient (Wildman–Crippen LogP) is 2.88. The van der Waals surface area contributed by atoms with Crippen molar-refractivity contribution >= 4 is 0 Å². The zero-order chi connectivity index (χ0) is 14.1. The Morgan fingerprint density at radius 2 is 1.89 bits per heavy atom. The number of nitrogens with zero attached hydrogens (tertiary/aromatic N) is 2. The molecule has 0 radical (unpaired) electrons. The van der Waals surface area contributed by atoms with Gasteiger partial charge in [0, 0.05) is 31.4 Å². The molecule has 0 aliphatic heterocycles. The summed E-state index contributed by atoms with van der Waals surface area (Å²) in [5.41, 5.74) is 3.03. The minimum Gasteiger partial charge on any atom is -0.335 e. The zero-order valence-electron chi connectivity index (χ0n) is 12.7. The van der Waals surface area contributed by atoms with Gasteiger partial charge in [-0.3, -0.25) is 11.3 Å². The maximum absolute atomic E-state index is 5.79. The summed E-state index contributed by atoms with van der Waals surface area (Å²) in [6.07, 6.45) is 10.9. The molecule has 0 saturated carbocycles. The van der Waals surface area contributed by atoms with Gasteiger partial charge < -0.3 is 4.57 Å². The minimum atomic E-state index is 0.331. The minimum absolute atomic E-state index is 0.331. The van der Waals surface area contributed by atoms with Crippen molar-refractivity contribution in [2.75, 3.05) is 0 Å². The molecule has 1 atom stereocenters. The number of hydrogen-bond donors (Lipinski definition) is 2. The van der Waals surface area contributed by atoms with Crippen molar-refractivity contribution in [1.82, 2.24) is 15.0 Å². The number of hydrogen-bond acceptors (Lipinski definition) is 3. The van der Waals surface area contributed by atoms with E-state index >= 15 is 0 Å². The molecule has 0 aromatic carbocycles. The second-order valence-electron chi connectivity index (χ2n) is 5.35. The molecule has 4 nitrogen and oxygen atoms in total. The third-order valence-electron chi connectivity index (χ3n) is 3.77. The molecule has 1 aromatic rings. The summed E-state index contributed by atoms with van der Waals surface area (Å²) in [6.45, 7) is 7.72. The lowest BCUT2D eigenvalue weighted by Crippen LogP contribution is -2.43. The van der Waals surface area contributed by atoms with Crippen LogP contribution in [0.4, 0.5) is 0 Å². The van der Waals surface area contributed by atoms with Crippen molar-refractivity contribution in [2.45, 2.75) is 71.9 Å². The molecule has 0 aliphatic carbocycles. The van der Waals surface area contributed by atoms with E-state index in [-0.39, 0.29) is 0 Å². The second-order valence-corrected chi connectivity index (χ2v) is 5.35. The van der Waals surface area contributed by atoms with Crippen LogP contribution in [-0.4, -0.2) is 15.6 Å². The quantitative estimate of drug-likeness (QED) is 0.506. The molecular weight excluding hydrogens is 236 g/mol. The average Bonchev–Trinajstić information content (AvgIpc) is 2.83. The maximum atomic E-state index is 5.79. The van der Waals surface area contributed by atoms with E-state index in [0.717, 1.165) is 25.2 Å². The molecule has 4 heteroatoms. The van der Waals surface area contributed by atoms with Gasteiger partial charge in [-0.2, -0.15) is 0 Å². The van der Waals surface area contributed by atoms with Crippen molar-refractivity contribution in [3.05, 3.63) is 18.2 Å². The Hall–Kier alpha value is -0.870. The van der Waals surface area contributed by atoms with Gasteiger partial charge in [0.25, 0.3) is 0 Å². The first-order valence-corrected chi connectivity index (χ1v) is 7.72. The molecule has 1 heterocycles. The molecule has 0 fully saturated rings. The lowest BCUT2D eigenvalue weighted by molar-refractivity contribution is 0.305. The van der Waals surface area contributed by atoms with E-state index < -0.39 is 0 Å². The van der Waals surface area contributed by atoms with Gasteiger partial charge >= 0.3 is 0 Å². The van der Waals surface area contributed by atoms with Crippen molar-refractivity contribution in [1.29, 1.82) is 0 Å². The Balaban J connectivity index is 2.70. The zero-order valence-corrected chi connectivity index (χ0v) is 12.7. The number of nitrogens with two attached hydrogens (primary N) is 1. The fraction of sp³-hybridized carbons (Fsp3) is 0.800. The standard InChI is InChI=1S/C15H30N4/c1-4-7-13(8-5-2)14(18-16)12-15-17-9-11-19(15)10-6-3/h9,11,13-14,18H,4-8,10,12,16H2,1-3H3. The van der Waals surface area contributed by atoms with E-state index in [1.54, 1.807) is 0 Å². The van der Waals surface area contributed by atoms with Gasteiger partial charge in [-0.15, -0.1) is 0 Å². The third-order valence-corrected chi connectivity index (χ3v) is 3.77. The molecule has 1 aromatic heterocycles. The summed E-state index contributed by atoms with van der Waals surface area (Å²) in [7, 11) is 0. The van der Waals surface area contributed by atoms with Crippen LogP contribution < -0.4 is 11.3 Å². The Morgan fingerprint density at radius 3 is 2.42 bits per heavy atom. The molecule has 0 saturated heterocycles. The lowest BCUT2D eigenvalue weighted by Gasteiger charge is -2.26. The highest BCUT2D eigenvalue weighted by atomic mass is 15.2. The van der Waals surface area contributed by atoms with Gasteiger partial charge in [-0.25, -0.2) is 4.98 Å². The Labute approximate surface area is 117 Å². The summed E-state index contributed by atoms with van der Waals surface area (Å²) < 4.78 is 2.25. The van der Waals surface area contributed by atoms with Gasteiger partial charge in [-0.1, -0.05) is 33.6 Å². The predicted molar refractivity (Wildman–Crippen MR) is 80.6 cm³/mol. The van der Waals surface area contributed by atoms with Gasteiger partial charge in [0.2, 0.25) is 0 Å². The van der Waals surface area contributed by atoms with Crippen LogP contribution in [-0.2, 0) is 13.0 Å². The summed E-state index contributed by atoms with van der Waals surface area (Å²) in [5.74, 6) is 7.59. The molecule has 0 bridgehead atoms. The number of imidazole rings is 1. The van der Waals surface area contributed by atoms with Crippen molar-refractivity contribution in [3.8, 4) is 0 Å². The van der Waals surface area contributed by atoms with Crippen LogP contribution in [0.15, 0.2) is 12.4 Å². The van der Waals surface area contributed by atoms with E-state index in [1.165, 1.54) is 25.7 Å². The maximum Gasteiger partial charge on any atom is 0.110 e. The first-order valence-electron chi connectivity index (χ1n) is 7.72. The topological polar surface area (TPSA) is 55.9 Å². The van der Waals surface area contributed by atoms with Crippen LogP contribution in [0.3, 0.4) is 0 Å². The average molecular weight is 266 g/mol. The fourth-order valence-corrected chi connectivity index (χ4v) is 2.82. The van der Waals surface area contributed by atoms with Gasteiger partial charge in [0.15, 0.2) is 0 Å². The first kappa shape index (κ1) is 16.2. The van der Waals surface area contributed by atoms with E-state index in [1.807, 2.05) is 6.20 Å². The molecular formula is C15H30N4. The number of aryl methyl sites for hydroxylation is 1. The van der Waals surface area contributed by atoms with E-state index in [0.29, 0.717) is 12.0 Å². The largest absolute Gasteiger partial charge is 0.335 e. The molecule has 110 valence electrons. The lowest BCUT2D eigenvalue weighted by atomic mass is 9.88. The number of nitrogens with one attached hydrogen (secondary N) is 1. The van der Waals surface area contributed by atoms with Crippen LogP contribution in [0.25, 0.3) is 0 Å². The van der Waals surface area contributed by atoms with Crippen molar-refractivity contribution < 1.29 is 0 Å². The van der Waals surface area contributed by atoms with Crippen LogP contribution in [0.1, 0.15) is 58.7 Å². The Bertz CT molecular complexity index is 329. The summed E-state index contributed by atoms with van der Waals surface area (Å²) >= 11 is 0. The molecule has 19 heavy (non-hydrogen) atoms. The van der Waals surface area contributed by atoms with Crippen molar-refractivity contribution in [2.24, 2.45) is 11.8 Å².